The number of pyridine rings is 2. The van der Waals surface area contributed by atoms with Gasteiger partial charge in [0.05, 0.1) is 11.4 Å². The van der Waals surface area contributed by atoms with Gasteiger partial charge in [0, 0.05) is 17.8 Å². The van der Waals surface area contributed by atoms with Crippen LogP contribution in [-0.2, 0) is 0 Å². The third-order valence-corrected chi connectivity index (χ3v) is 5.64. The topological polar surface area (TPSA) is 25.8 Å². The molecule has 2 bridgehead atoms. The molecule has 2 heteroatoms. The molecular weight excluding hydrogens is 244 g/mol. The van der Waals surface area contributed by atoms with Crippen LogP contribution in [0.1, 0.15) is 50.3 Å². The number of nitrogens with zero attached hydrogens (tertiary/aromatic N) is 2. The highest BCUT2D eigenvalue weighted by atomic mass is 14.8. The smallest absolute Gasteiger partial charge is 0.0889 e. The molecule has 0 N–H and O–H groups in total. The predicted octanol–water partition coefficient (Wildman–Crippen LogP) is 4.39. The van der Waals surface area contributed by atoms with Crippen LogP contribution in [-0.4, -0.2) is 9.97 Å². The van der Waals surface area contributed by atoms with Gasteiger partial charge in [0.25, 0.3) is 0 Å². The van der Waals surface area contributed by atoms with Gasteiger partial charge in [-0.05, 0) is 47.4 Å². The van der Waals surface area contributed by atoms with Gasteiger partial charge in [-0.2, -0.15) is 0 Å². The van der Waals surface area contributed by atoms with E-state index >= 15 is 0 Å². The predicted molar refractivity (Wildman–Crippen MR) is 80.5 cm³/mol. The highest BCUT2D eigenvalue weighted by molar-refractivity contribution is 5.56. The van der Waals surface area contributed by atoms with Crippen molar-refractivity contribution in [2.45, 2.75) is 39.0 Å². The van der Waals surface area contributed by atoms with Crippen molar-refractivity contribution in [3.8, 4) is 11.4 Å². The molecule has 2 nitrogen and oxygen atoms in total. The molecule has 0 radical (unpaired) electrons. The third-order valence-electron chi connectivity index (χ3n) is 5.64. The van der Waals surface area contributed by atoms with Crippen LogP contribution in [0.25, 0.3) is 11.4 Å². The standard InChI is InChI=1S/C18H20N2/c1-11-13-10-14(18(13,2)3)12-7-8-16(20-17(11)12)15-6-4-5-9-19-15/h4-9,11,13-14H,10H2,1-3H3/t11-,13+,14-/m1/s1. The second kappa shape index (κ2) is 3.91. The maximum absolute atomic E-state index is 4.95. The molecule has 20 heavy (non-hydrogen) atoms. The molecule has 2 aromatic heterocycles. The van der Waals surface area contributed by atoms with Crippen LogP contribution in [0.5, 0.6) is 0 Å². The molecule has 0 aromatic carbocycles. The Morgan fingerprint density at radius 3 is 2.65 bits per heavy atom. The lowest BCUT2D eigenvalue weighted by atomic mass is 9.45. The van der Waals surface area contributed by atoms with Crippen LogP contribution in [0.4, 0.5) is 0 Å². The highest BCUT2D eigenvalue weighted by Gasteiger charge is 2.56. The first-order chi connectivity index (χ1) is 9.59. The molecule has 2 heterocycles. The first-order valence-electron chi connectivity index (χ1n) is 7.51. The van der Waals surface area contributed by atoms with Crippen molar-refractivity contribution >= 4 is 0 Å². The SMILES string of the molecule is C[C@H]1c2nc(-c3ccccn3)ccc2[C@H]2C[C@@H]1C2(C)C. The van der Waals surface area contributed by atoms with E-state index in [4.69, 9.17) is 4.98 Å². The van der Waals surface area contributed by atoms with Gasteiger partial charge in [-0.15, -0.1) is 0 Å². The second-order valence-electron chi connectivity index (χ2n) is 6.89. The van der Waals surface area contributed by atoms with Crippen LogP contribution in [0.2, 0.25) is 0 Å². The van der Waals surface area contributed by atoms with Gasteiger partial charge in [0.1, 0.15) is 0 Å². The quantitative estimate of drug-likeness (QED) is 0.763. The van der Waals surface area contributed by atoms with Gasteiger partial charge in [0.15, 0.2) is 0 Å². The zero-order valence-electron chi connectivity index (χ0n) is 12.3. The number of aromatic nitrogens is 2. The molecule has 102 valence electrons. The molecule has 0 amide bonds. The molecule has 1 saturated carbocycles. The Morgan fingerprint density at radius 2 is 1.95 bits per heavy atom. The molecule has 0 unspecified atom stereocenters. The fourth-order valence-electron chi connectivity index (χ4n) is 4.33. The van der Waals surface area contributed by atoms with Crippen LogP contribution >= 0.6 is 0 Å². The number of hydrogen-bond donors (Lipinski definition) is 0. The van der Waals surface area contributed by atoms with Crippen molar-refractivity contribution in [2.24, 2.45) is 11.3 Å². The van der Waals surface area contributed by atoms with E-state index in [0.717, 1.165) is 17.3 Å². The minimum absolute atomic E-state index is 0.445. The Hall–Kier alpha value is -1.70. The maximum atomic E-state index is 4.95. The van der Waals surface area contributed by atoms with Crippen molar-refractivity contribution in [2.75, 3.05) is 0 Å². The van der Waals surface area contributed by atoms with Crippen LogP contribution in [0, 0.1) is 11.3 Å². The summed E-state index contributed by atoms with van der Waals surface area (Å²) in [5, 5.41) is 0. The summed E-state index contributed by atoms with van der Waals surface area (Å²) in [5.41, 5.74) is 5.22. The normalized spacial score (nSPS) is 29.4. The molecule has 3 atom stereocenters. The van der Waals surface area contributed by atoms with E-state index in [1.807, 2.05) is 24.4 Å². The van der Waals surface area contributed by atoms with E-state index < -0.39 is 0 Å². The van der Waals surface area contributed by atoms with Gasteiger partial charge >= 0.3 is 0 Å². The van der Waals surface area contributed by atoms with Crippen molar-refractivity contribution in [3.05, 3.63) is 47.8 Å². The fourth-order valence-corrected chi connectivity index (χ4v) is 4.33. The lowest BCUT2D eigenvalue weighted by Gasteiger charge is -2.59. The molecule has 1 fully saturated rings. The summed E-state index contributed by atoms with van der Waals surface area (Å²) in [6, 6.07) is 10.4. The minimum Gasteiger partial charge on any atom is -0.255 e. The first-order valence-corrected chi connectivity index (χ1v) is 7.51. The molecule has 3 aliphatic carbocycles. The molecule has 3 aliphatic rings. The zero-order chi connectivity index (χ0) is 13.9. The summed E-state index contributed by atoms with van der Waals surface area (Å²) < 4.78 is 0. The minimum atomic E-state index is 0.445. The number of rotatable bonds is 1. The summed E-state index contributed by atoms with van der Waals surface area (Å²) in [7, 11) is 0. The molecule has 5 rings (SSSR count). The van der Waals surface area contributed by atoms with E-state index in [0.29, 0.717) is 17.3 Å². The Kier molecular flexibility index (Phi) is 2.36. The van der Waals surface area contributed by atoms with Crippen molar-refractivity contribution < 1.29 is 0 Å². The average molecular weight is 264 g/mol. The molecule has 2 aromatic rings. The zero-order valence-corrected chi connectivity index (χ0v) is 12.3. The van der Waals surface area contributed by atoms with E-state index in [-0.39, 0.29) is 0 Å². The van der Waals surface area contributed by atoms with Crippen LogP contribution in [0.3, 0.4) is 0 Å². The lowest BCUT2D eigenvalue weighted by molar-refractivity contribution is -0.00271. The Morgan fingerprint density at radius 1 is 1.10 bits per heavy atom. The second-order valence-corrected chi connectivity index (χ2v) is 6.89. The van der Waals surface area contributed by atoms with Gasteiger partial charge < -0.3 is 0 Å². The van der Waals surface area contributed by atoms with Crippen LogP contribution in [0.15, 0.2) is 36.5 Å². The molecule has 0 spiro atoms. The summed E-state index contributed by atoms with van der Waals surface area (Å²) in [5.74, 6) is 2.05. The third kappa shape index (κ3) is 1.45. The Balaban J connectivity index is 1.82. The maximum Gasteiger partial charge on any atom is 0.0889 e. The largest absolute Gasteiger partial charge is 0.255 e. The van der Waals surface area contributed by atoms with Crippen molar-refractivity contribution in [1.82, 2.24) is 9.97 Å². The molecular formula is C18H20N2. The van der Waals surface area contributed by atoms with E-state index in [1.54, 1.807) is 0 Å². The fraction of sp³-hybridized carbons (Fsp3) is 0.444. The van der Waals surface area contributed by atoms with Gasteiger partial charge in [0.2, 0.25) is 0 Å². The lowest BCUT2D eigenvalue weighted by Crippen LogP contribution is -2.50. The number of hydrogen-bond acceptors (Lipinski definition) is 2. The average Bonchev–Trinajstić information content (AvgIpc) is 2.47. The molecule has 0 aliphatic heterocycles. The summed E-state index contributed by atoms with van der Waals surface area (Å²) in [6.45, 7) is 7.17. The van der Waals surface area contributed by atoms with Gasteiger partial charge in [-0.1, -0.05) is 32.9 Å². The monoisotopic (exact) mass is 264 g/mol. The van der Waals surface area contributed by atoms with Crippen molar-refractivity contribution in [3.63, 3.8) is 0 Å². The summed E-state index contributed by atoms with van der Waals surface area (Å²) in [6.07, 6.45) is 3.17. The van der Waals surface area contributed by atoms with E-state index in [1.165, 1.54) is 17.7 Å². The first kappa shape index (κ1) is 12.1. The van der Waals surface area contributed by atoms with E-state index in [9.17, 15) is 0 Å². The molecule has 0 saturated heterocycles. The van der Waals surface area contributed by atoms with Crippen LogP contribution < -0.4 is 0 Å². The van der Waals surface area contributed by atoms with Gasteiger partial charge in [-0.3, -0.25) is 9.97 Å². The summed E-state index contributed by atoms with van der Waals surface area (Å²) >= 11 is 0. The van der Waals surface area contributed by atoms with E-state index in [2.05, 4.69) is 37.9 Å². The Bertz CT molecular complexity index is 660. The Labute approximate surface area is 120 Å². The summed E-state index contributed by atoms with van der Waals surface area (Å²) in [4.78, 5) is 9.37. The highest BCUT2D eigenvalue weighted by Crippen LogP contribution is 2.66. The van der Waals surface area contributed by atoms with Crippen molar-refractivity contribution in [1.29, 1.82) is 0 Å². The van der Waals surface area contributed by atoms with Gasteiger partial charge in [-0.25, -0.2) is 0 Å².